The molecule has 0 unspecified atom stereocenters. The third-order valence-corrected chi connectivity index (χ3v) is 2.90. The van der Waals surface area contributed by atoms with E-state index in [0.717, 1.165) is 12.0 Å². The summed E-state index contributed by atoms with van der Waals surface area (Å²) < 4.78 is 5.47. The van der Waals surface area contributed by atoms with Crippen LogP contribution in [0.25, 0.3) is 0 Å². The van der Waals surface area contributed by atoms with Crippen molar-refractivity contribution >= 4 is 5.69 Å². The molecule has 1 heterocycles. The highest BCUT2D eigenvalue weighted by Gasteiger charge is 2.26. The number of rotatable bonds is 3. The van der Waals surface area contributed by atoms with Crippen LogP contribution in [0.15, 0.2) is 24.3 Å². The first-order valence-electron chi connectivity index (χ1n) is 5.26. The van der Waals surface area contributed by atoms with Crippen LogP contribution in [0.2, 0.25) is 0 Å². The molecule has 1 aliphatic rings. The fourth-order valence-corrected chi connectivity index (χ4v) is 1.99. The van der Waals surface area contributed by atoms with Crippen LogP contribution in [0.5, 0.6) is 0 Å². The van der Waals surface area contributed by atoms with Crippen molar-refractivity contribution in [2.75, 3.05) is 13.2 Å². The molecule has 1 saturated heterocycles. The number of nitro groups is 1. The molecular formula is C11H14N2O3. The Morgan fingerprint density at radius 1 is 1.56 bits per heavy atom. The number of ether oxygens (including phenoxy) is 1. The van der Waals surface area contributed by atoms with Crippen LogP contribution < -0.4 is 5.73 Å². The van der Waals surface area contributed by atoms with Crippen LogP contribution in [0, 0.1) is 10.1 Å². The summed E-state index contributed by atoms with van der Waals surface area (Å²) in [5, 5.41) is 10.6. The first-order chi connectivity index (χ1) is 7.70. The van der Waals surface area contributed by atoms with E-state index in [1.165, 1.54) is 6.07 Å². The Labute approximate surface area is 93.4 Å². The molecule has 2 rings (SSSR count). The Morgan fingerprint density at radius 2 is 2.38 bits per heavy atom. The van der Waals surface area contributed by atoms with Crippen molar-refractivity contribution in [2.24, 2.45) is 5.73 Å². The predicted octanol–water partition coefficient (Wildman–Crippen LogP) is 1.43. The van der Waals surface area contributed by atoms with Gasteiger partial charge in [-0.05, 0) is 12.0 Å². The summed E-state index contributed by atoms with van der Waals surface area (Å²) in [4.78, 5) is 10.3. The molecule has 0 amide bonds. The SMILES string of the molecule is NC[C@@H]1C[C@H](c2cccc([N+](=O)[O-])c2)CO1. The first kappa shape index (κ1) is 11.0. The second-order valence-corrected chi connectivity index (χ2v) is 3.98. The van der Waals surface area contributed by atoms with Crippen LogP contribution >= 0.6 is 0 Å². The summed E-state index contributed by atoms with van der Waals surface area (Å²) in [5.74, 6) is 0.230. The van der Waals surface area contributed by atoms with E-state index in [1.807, 2.05) is 6.07 Å². The Morgan fingerprint density at radius 3 is 3.00 bits per heavy atom. The van der Waals surface area contributed by atoms with Gasteiger partial charge < -0.3 is 10.5 Å². The Balaban J connectivity index is 2.15. The number of hydrogen-bond donors (Lipinski definition) is 1. The van der Waals surface area contributed by atoms with E-state index >= 15 is 0 Å². The molecule has 2 N–H and O–H groups in total. The molecule has 16 heavy (non-hydrogen) atoms. The van der Waals surface area contributed by atoms with E-state index in [9.17, 15) is 10.1 Å². The fourth-order valence-electron chi connectivity index (χ4n) is 1.99. The van der Waals surface area contributed by atoms with Gasteiger partial charge in [0.05, 0.1) is 17.6 Å². The predicted molar refractivity (Wildman–Crippen MR) is 59.2 cm³/mol. The van der Waals surface area contributed by atoms with Gasteiger partial charge in [-0.25, -0.2) is 0 Å². The lowest BCUT2D eigenvalue weighted by molar-refractivity contribution is -0.384. The van der Waals surface area contributed by atoms with Gasteiger partial charge in [0.15, 0.2) is 0 Å². The molecule has 1 aromatic rings. The number of non-ortho nitro benzene ring substituents is 1. The van der Waals surface area contributed by atoms with Gasteiger partial charge in [0, 0.05) is 24.6 Å². The lowest BCUT2D eigenvalue weighted by Gasteiger charge is -2.07. The van der Waals surface area contributed by atoms with Crippen molar-refractivity contribution < 1.29 is 9.66 Å². The maximum atomic E-state index is 10.6. The third-order valence-electron chi connectivity index (χ3n) is 2.90. The molecule has 1 aliphatic heterocycles. The molecule has 0 spiro atoms. The minimum absolute atomic E-state index is 0.0873. The zero-order valence-electron chi connectivity index (χ0n) is 8.83. The van der Waals surface area contributed by atoms with Gasteiger partial charge in [-0.15, -0.1) is 0 Å². The number of nitrogens with zero attached hydrogens (tertiary/aromatic N) is 1. The van der Waals surface area contributed by atoms with E-state index < -0.39 is 0 Å². The van der Waals surface area contributed by atoms with Crippen LogP contribution in [0.4, 0.5) is 5.69 Å². The standard InChI is InChI=1S/C11H14N2O3/c12-6-11-5-9(7-16-11)8-2-1-3-10(4-8)13(14)15/h1-4,9,11H,5-7,12H2/t9-,11-/m0/s1. The van der Waals surface area contributed by atoms with Crippen molar-refractivity contribution in [3.05, 3.63) is 39.9 Å². The summed E-state index contributed by atoms with van der Waals surface area (Å²) in [7, 11) is 0. The van der Waals surface area contributed by atoms with Gasteiger partial charge in [0.1, 0.15) is 0 Å². The average Bonchev–Trinajstić information content (AvgIpc) is 2.77. The van der Waals surface area contributed by atoms with Gasteiger partial charge in [-0.3, -0.25) is 10.1 Å². The second-order valence-electron chi connectivity index (χ2n) is 3.98. The van der Waals surface area contributed by atoms with Crippen molar-refractivity contribution in [3.63, 3.8) is 0 Å². The Kier molecular flexibility index (Phi) is 3.17. The lowest BCUT2D eigenvalue weighted by Crippen LogP contribution is -2.18. The van der Waals surface area contributed by atoms with Crippen molar-refractivity contribution in [3.8, 4) is 0 Å². The van der Waals surface area contributed by atoms with Crippen LogP contribution in [-0.2, 0) is 4.74 Å². The molecule has 0 aliphatic carbocycles. The van der Waals surface area contributed by atoms with E-state index in [2.05, 4.69) is 0 Å². The van der Waals surface area contributed by atoms with Crippen LogP contribution in [-0.4, -0.2) is 24.2 Å². The molecule has 5 heteroatoms. The molecule has 1 aromatic carbocycles. The van der Waals surface area contributed by atoms with Crippen molar-refractivity contribution in [1.82, 2.24) is 0 Å². The normalized spacial score (nSPS) is 24.6. The largest absolute Gasteiger partial charge is 0.376 e. The van der Waals surface area contributed by atoms with Gasteiger partial charge in [0.2, 0.25) is 0 Å². The second kappa shape index (κ2) is 4.59. The molecule has 0 saturated carbocycles. The highest BCUT2D eigenvalue weighted by molar-refractivity contribution is 5.36. The van der Waals surface area contributed by atoms with E-state index in [4.69, 9.17) is 10.5 Å². The number of nitrogens with two attached hydrogens (primary N) is 1. The lowest BCUT2D eigenvalue weighted by atomic mass is 9.96. The molecular weight excluding hydrogens is 208 g/mol. The van der Waals surface area contributed by atoms with Crippen LogP contribution in [0.1, 0.15) is 17.9 Å². The third kappa shape index (κ3) is 2.20. The number of hydrogen-bond acceptors (Lipinski definition) is 4. The number of nitro benzene ring substituents is 1. The van der Waals surface area contributed by atoms with Gasteiger partial charge in [-0.2, -0.15) is 0 Å². The molecule has 86 valence electrons. The zero-order chi connectivity index (χ0) is 11.5. The summed E-state index contributed by atoms with van der Waals surface area (Å²) >= 11 is 0. The number of benzene rings is 1. The fraction of sp³-hybridized carbons (Fsp3) is 0.455. The summed E-state index contributed by atoms with van der Waals surface area (Å²) in [5.41, 5.74) is 6.62. The van der Waals surface area contributed by atoms with Crippen molar-refractivity contribution in [1.29, 1.82) is 0 Å². The summed E-state index contributed by atoms with van der Waals surface area (Å²) in [6.07, 6.45) is 0.932. The van der Waals surface area contributed by atoms with E-state index in [0.29, 0.717) is 13.2 Å². The quantitative estimate of drug-likeness (QED) is 0.619. The van der Waals surface area contributed by atoms with Crippen LogP contribution in [0.3, 0.4) is 0 Å². The maximum absolute atomic E-state index is 10.6. The molecule has 2 atom stereocenters. The highest BCUT2D eigenvalue weighted by Crippen LogP contribution is 2.30. The van der Waals surface area contributed by atoms with E-state index in [1.54, 1.807) is 12.1 Å². The first-order valence-corrected chi connectivity index (χ1v) is 5.26. The summed E-state index contributed by atoms with van der Waals surface area (Å²) in [6.45, 7) is 1.11. The molecule has 0 radical (unpaired) electrons. The highest BCUT2D eigenvalue weighted by atomic mass is 16.6. The smallest absolute Gasteiger partial charge is 0.269 e. The molecule has 1 fully saturated rings. The topological polar surface area (TPSA) is 78.4 Å². The minimum Gasteiger partial charge on any atom is -0.376 e. The molecule has 0 aromatic heterocycles. The van der Waals surface area contributed by atoms with Gasteiger partial charge in [-0.1, -0.05) is 12.1 Å². The minimum atomic E-state index is -0.375. The van der Waals surface area contributed by atoms with Gasteiger partial charge >= 0.3 is 0 Å². The molecule has 5 nitrogen and oxygen atoms in total. The maximum Gasteiger partial charge on any atom is 0.269 e. The van der Waals surface area contributed by atoms with Crippen molar-refractivity contribution in [2.45, 2.75) is 18.4 Å². The van der Waals surface area contributed by atoms with E-state index in [-0.39, 0.29) is 22.6 Å². The Bertz CT molecular complexity index is 395. The monoisotopic (exact) mass is 222 g/mol. The average molecular weight is 222 g/mol. The zero-order valence-corrected chi connectivity index (χ0v) is 8.83. The van der Waals surface area contributed by atoms with Gasteiger partial charge in [0.25, 0.3) is 5.69 Å². The summed E-state index contributed by atoms with van der Waals surface area (Å²) in [6, 6.07) is 6.73. The molecule has 0 bridgehead atoms. The Hall–Kier alpha value is -1.46.